The maximum atomic E-state index is 11.1. The monoisotopic (exact) mass is 268 g/mol. The first-order valence-electron chi connectivity index (χ1n) is 4.45. The second kappa shape index (κ2) is 7.84. The van der Waals surface area contributed by atoms with Crippen LogP contribution >= 0.6 is 7.82 Å². The molecule has 0 aliphatic carbocycles. The van der Waals surface area contributed by atoms with Crippen LogP contribution in [-0.4, -0.2) is 18.1 Å². The molecule has 0 aliphatic rings. The van der Waals surface area contributed by atoms with Gasteiger partial charge in [0.1, 0.15) is 0 Å². The van der Waals surface area contributed by atoms with E-state index < -0.39 is 7.82 Å². The normalized spacial score (nSPS) is 11.9. The molecule has 0 heterocycles. The second-order valence-electron chi connectivity index (χ2n) is 3.85. The molecule has 0 radical (unpaired) electrons. The van der Waals surface area contributed by atoms with Gasteiger partial charge in [-0.3, -0.25) is 9.05 Å². The molecule has 1 N–H and O–H groups in total. The van der Waals surface area contributed by atoms with Crippen molar-refractivity contribution in [3.63, 3.8) is 0 Å². The van der Waals surface area contributed by atoms with E-state index in [0.29, 0.717) is 0 Å². The van der Waals surface area contributed by atoms with E-state index in [9.17, 15) is 4.57 Å². The van der Waals surface area contributed by atoms with Gasteiger partial charge in [-0.2, -0.15) is 0 Å². The first-order chi connectivity index (χ1) is 5.83. The third kappa shape index (κ3) is 10.7. The fourth-order valence-corrected chi connectivity index (χ4v) is 1.57. The summed E-state index contributed by atoms with van der Waals surface area (Å²) in [7, 11) is -3.80. The molecular weight excluding hydrogens is 250 g/mol. The van der Waals surface area contributed by atoms with E-state index in [-0.39, 0.29) is 41.5 Å². The molecule has 0 saturated heterocycles. The zero-order chi connectivity index (χ0) is 10.5. The maximum Gasteiger partial charge on any atom is 0.472 e. The van der Waals surface area contributed by atoms with E-state index in [0.717, 1.165) is 0 Å². The van der Waals surface area contributed by atoms with E-state index in [1.165, 1.54) is 0 Å². The molecule has 0 atom stereocenters. The van der Waals surface area contributed by atoms with Crippen LogP contribution in [0, 0.1) is 11.8 Å². The Morgan fingerprint density at radius 2 is 1.36 bits per heavy atom. The van der Waals surface area contributed by atoms with Gasteiger partial charge in [-0.1, -0.05) is 27.7 Å². The second-order valence-corrected chi connectivity index (χ2v) is 5.30. The Kier molecular flexibility index (Phi) is 9.53. The average Bonchev–Trinajstić information content (AvgIpc) is 1.98. The SMILES string of the molecule is CC(C)COP(=O)(O)OCC(C)C.[Ni]. The molecule has 90 valence electrons. The van der Waals surface area contributed by atoms with Gasteiger partial charge in [0.2, 0.25) is 0 Å². The fourth-order valence-electron chi connectivity index (χ4n) is 0.524. The molecule has 4 nitrogen and oxygen atoms in total. The Morgan fingerprint density at radius 1 is 1.07 bits per heavy atom. The average molecular weight is 269 g/mol. The number of hydrogen-bond acceptors (Lipinski definition) is 3. The summed E-state index contributed by atoms with van der Waals surface area (Å²) < 4.78 is 20.6. The Labute approximate surface area is 95.9 Å². The Morgan fingerprint density at radius 3 is 1.57 bits per heavy atom. The Balaban J connectivity index is 0. The third-order valence-electron chi connectivity index (χ3n) is 1.14. The smallest absolute Gasteiger partial charge is 0.302 e. The number of phosphoric acid groups is 1. The topological polar surface area (TPSA) is 55.8 Å². The van der Waals surface area contributed by atoms with Crippen molar-refractivity contribution in [3.8, 4) is 0 Å². The van der Waals surface area contributed by atoms with Crippen LogP contribution in [0.2, 0.25) is 0 Å². The van der Waals surface area contributed by atoms with E-state index in [1.54, 1.807) is 0 Å². The van der Waals surface area contributed by atoms with Crippen LogP contribution in [0.5, 0.6) is 0 Å². The van der Waals surface area contributed by atoms with E-state index in [1.807, 2.05) is 27.7 Å². The summed E-state index contributed by atoms with van der Waals surface area (Å²) in [6.07, 6.45) is 0. The first kappa shape index (κ1) is 17.0. The first-order valence-corrected chi connectivity index (χ1v) is 5.95. The maximum absolute atomic E-state index is 11.1. The van der Waals surface area contributed by atoms with Crippen molar-refractivity contribution in [2.75, 3.05) is 13.2 Å². The zero-order valence-corrected chi connectivity index (χ0v) is 10.9. The molecule has 0 amide bonds. The zero-order valence-electron chi connectivity index (χ0n) is 9.00. The van der Waals surface area contributed by atoms with Gasteiger partial charge in [-0.15, -0.1) is 0 Å². The summed E-state index contributed by atoms with van der Waals surface area (Å²) in [5.74, 6) is 0.450. The van der Waals surface area contributed by atoms with E-state index in [4.69, 9.17) is 13.9 Å². The van der Waals surface area contributed by atoms with Crippen LogP contribution in [0.4, 0.5) is 0 Å². The van der Waals surface area contributed by atoms with Crippen molar-refractivity contribution in [1.82, 2.24) is 0 Å². The van der Waals surface area contributed by atoms with Gasteiger partial charge in [0.25, 0.3) is 0 Å². The molecule has 0 aromatic rings. The minimum atomic E-state index is -3.80. The Bertz CT molecular complexity index is 168. The fraction of sp³-hybridized carbons (Fsp3) is 1.00. The van der Waals surface area contributed by atoms with Gasteiger partial charge in [0.15, 0.2) is 0 Å². The van der Waals surface area contributed by atoms with Crippen LogP contribution in [0.15, 0.2) is 0 Å². The van der Waals surface area contributed by atoms with Gasteiger partial charge < -0.3 is 4.89 Å². The molecule has 0 aliphatic heterocycles. The molecule has 0 unspecified atom stereocenters. The van der Waals surface area contributed by atoms with Crippen LogP contribution in [-0.2, 0) is 30.1 Å². The molecule has 0 spiro atoms. The molecule has 14 heavy (non-hydrogen) atoms. The summed E-state index contributed by atoms with van der Waals surface area (Å²) in [4.78, 5) is 9.12. The molecule has 0 rings (SSSR count). The third-order valence-corrected chi connectivity index (χ3v) is 2.09. The predicted octanol–water partition coefficient (Wildman–Crippen LogP) is 2.43. The number of phosphoric ester groups is 1. The van der Waals surface area contributed by atoms with Gasteiger partial charge in [0, 0.05) is 16.5 Å². The minimum absolute atomic E-state index is 0. The molecule has 0 bridgehead atoms. The van der Waals surface area contributed by atoms with Crippen LogP contribution in [0.1, 0.15) is 27.7 Å². The van der Waals surface area contributed by atoms with Crippen molar-refractivity contribution < 1.29 is 35.0 Å². The van der Waals surface area contributed by atoms with Crippen LogP contribution in [0.25, 0.3) is 0 Å². The summed E-state index contributed by atoms with van der Waals surface area (Å²) in [6.45, 7) is 8.10. The quantitative estimate of drug-likeness (QED) is 0.594. The van der Waals surface area contributed by atoms with Gasteiger partial charge >= 0.3 is 7.82 Å². The minimum Gasteiger partial charge on any atom is -0.302 e. The molecule has 0 saturated carbocycles. The molecule has 0 aromatic heterocycles. The van der Waals surface area contributed by atoms with Crippen molar-refractivity contribution >= 4 is 7.82 Å². The van der Waals surface area contributed by atoms with Crippen molar-refractivity contribution in [2.45, 2.75) is 27.7 Å². The van der Waals surface area contributed by atoms with Crippen molar-refractivity contribution in [1.29, 1.82) is 0 Å². The molecule has 6 heteroatoms. The largest absolute Gasteiger partial charge is 0.472 e. The molecule has 0 fully saturated rings. The summed E-state index contributed by atoms with van der Waals surface area (Å²) in [5, 5.41) is 0. The van der Waals surface area contributed by atoms with Gasteiger partial charge in [0.05, 0.1) is 13.2 Å². The standard InChI is InChI=1S/C8H19O4P.Ni/c1-7(2)5-11-13(9,10)12-6-8(3)4;/h7-8H,5-6H2,1-4H3,(H,9,10);. The summed E-state index contributed by atoms with van der Waals surface area (Å²) >= 11 is 0. The summed E-state index contributed by atoms with van der Waals surface area (Å²) in [6, 6.07) is 0. The van der Waals surface area contributed by atoms with Crippen molar-refractivity contribution in [3.05, 3.63) is 0 Å². The number of hydrogen-bond donors (Lipinski definition) is 1. The van der Waals surface area contributed by atoms with E-state index >= 15 is 0 Å². The van der Waals surface area contributed by atoms with Crippen LogP contribution in [0.3, 0.4) is 0 Å². The van der Waals surface area contributed by atoms with Gasteiger partial charge in [-0.25, -0.2) is 4.57 Å². The number of rotatable bonds is 6. The Hall–Kier alpha value is 0.604. The van der Waals surface area contributed by atoms with Gasteiger partial charge in [-0.05, 0) is 11.8 Å². The molecular formula is C8H19NiO4P. The van der Waals surface area contributed by atoms with E-state index in [2.05, 4.69) is 0 Å². The van der Waals surface area contributed by atoms with Crippen LogP contribution < -0.4 is 0 Å². The van der Waals surface area contributed by atoms with Crippen molar-refractivity contribution in [2.24, 2.45) is 11.8 Å². The summed E-state index contributed by atoms with van der Waals surface area (Å²) in [5.41, 5.74) is 0. The predicted molar refractivity (Wildman–Crippen MR) is 51.4 cm³/mol. The molecule has 0 aromatic carbocycles.